The summed E-state index contributed by atoms with van der Waals surface area (Å²) in [5, 5.41) is 16.1. The maximum atomic E-state index is 13.7. The molecule has 2 aromatic rings. The molecule has 2 fully saturated rings. The number of rotatable bonds is 7. The number of aromatic nitrogens is 1. The average Bonchev–Trinajstić information content (AvgIpc) is 3.70. The Morgan fingerprint density at radius 3 is 2.65 bits per heavy atom. The van der Waals surface area contributed by atoms with Gasteiger partial charge in [-0.3, -0.25) is 19.5 Å². The molecule has 1 aromatic carbocycles. The fraction of sp³-hybridized carbons (Fsp3) is 0.500. The molecule has 1 saturated heterocycles. The summed E-state index contributed by atoms with van der Waals surface area (Å²) in [6, 6.07) is 10.6. The van der Waals surface area contributed by atoms with Gasteiger partial charge in [-0.05, 0) is 56.7 Å². The Morgan fingerprint density at radius 1 is 1.23 bits per heavy atom. The molecule has 10 nitrogen and oxygen atoms in total. The van der Waals surface area contributed by atoms with Crippen LogP contribution in [0.2, 0.25) is 0 Å². The lowest BCUT2D eigenvalue weighted by Crippen LogP contribution is -2.63. The summed E-state index contributed by atoms with van der Waals surface area (Å²) in [6.07, 6.45) is 4.57. The van der Waals surface area contributed by atoms with Crippen LogP contribution in [0.25, 0.3) is 0 Å². The highest BCUT2D eigenvalue weighted by Crippen LogP contribution is 2.52. The number of nitrogens with zero attached hydrogens (tertiary/aromatic N) is 3. The molecule has 0 bridgehead atoms. The van der Waals surface area contributed by atoms with Crippen molar-refractivity contribution in [1.29, 1.82) is 0 Å². The zero-order valence-corrected chi connectivity index (χ0v) is 23.4. The van der Waals surface area contributed by atoms with Gasteiger partial charge in [-0.15, -0.1) is 4.99 Å². The van der Waals surface area contributed by atoms with E-state index in [-0.39, 0.29) is 42.1 Å². The molecule has 1 aromatic heterocycles. The third kappa shape index (κ3) is 5.39. The van der Waals surface area contributed by atoms with Gasteiger partial charge in [-0.1, -0.05) is 38.1 Å². The predicted molar refractivity (Wildman–Crippen MR) is 149 cm³/mol. The van der Waals surface area contributed by atoms with Crippen molar-refractivity contribution in [2.45, 2.75) is 83.0 Å². The van der Waals surface area contributed by atoms with Crippen LogP contribution < -0.4 is 15.4 Å². The number of pyridine rings is 1. The highest BCUT2D eigenvalue weighted by Gasteiger charge is 2.54. The van der Waals surface area contributed by atoms with E-state index < -0.39 is 23.3 Å². The van der Waals surface area contributed by atoms with Gasteiger partial charge in [0.1, 0.15) is 11.4 Å². The molecule has 3 N–H and O–H groups in total. The Morgan fingerprint density at radius 2 is 1.98 bits per heavy atom. The summed E-state index contributed by atoms with van der Waals surface area (Å²) < 4.78 is 6.12. The molecule has 212 valence electrons. The molecule has 2 aliphatic heterocycles. The molecule has 3 heterocycles. The van der Waals surface area contributed by atoms with Crippen LogP contribution in [0, 0.1) is 11.8 Å². The second kappa shape index (κ2) is 10.6. The van der Waals surface area contributed by atoms with Gasteiger partial charge in [0.25, 0.3) is 0 Å². The van der Waals surface area contributed by atoms with Gasteiger partial charge in [0.2, 0.25) is 17.8 Å². The lowest BCUT2D eigenvalue weighted by Gasteiger charge is -2.45. The summed E-state index contributed by atoms with van der Waals surface area (Å²) in [6.45, 7) is 7.94. The zero-order valence-electron chi connectivity index (χ0n) is 23.4. The summed E-state index contributed by atoms with van der Waals surface area (Å²) >= 11 is 0. The van der Waals surface area contributed by atoms with Crippen molar-refractivity contribution in [2.75, 3.05) is 0 Å². The van der Waals surface area contributed by atoms with Crippen molar-refractivity contribution in [3.05, 3.63) is 59.9 Å². The number of ether oxygens (including phenoxy) is 1. The van der Waals surface area contributed by atoms with E-state index in [0.717, 1.165) is 16.9 Å². The average molecular weight is 548 g/mol. The molecule has 1 saturated carbocycles. The van der Waals surface area contributed by atoms with Crippen LogP contribution in [-0.4, -0.2) is 50.0 Å². The molecule has 1 unspecified atom stereocenters. The second-order valence-corrected chi connectivity index (χ2v) is 11.7. The van der Waals surface area contributed by atoms with Crippen LogP contribution in [0.1, 0.15) is 83.0 Å². The fourth-order valence-corrected chi connectivity index (χ4v) is 6.18. The van der Waals surface area contributed by atoms with E-state index in [1.807, 2.05) is 58.0 Å². The monoisotopic (exact) mass is 547 g/mol. The van der Waals surface area contributed by atoms with Gasteiger partial charge in [0.15, 0.2) is 0 Å². The third-order valence-electron chi connectivity index (χ3n) is 8.50. The van der Waals surface area contributed by atoms with Crippen LogP contribution in [0.5, 0.6) is 5.75 Å². The number of hydrogen-bond donors (Lipinski definition) is 3. The summed E-state index contributed by atoms with van der Waals surface area (Å²) in [5.74, 6) is -0.129. The van der Waals surface area contributed by atoms with Gasteiger partial charge in [0, 0.05) is 35.8 Å². The summed E-state index contributed by atoms with van der Waals surface area (Å²) in [4.78, 5) is 48.7. The molecule has 40 heavy (non-hydrogen) atoms. The maximum absolute atomic E-state index is 13.7. The SMILES string of the molecule is CCC1(CC)CC(=O)N(C(c2cccnc2)[C@@H]2C[C@H]2C(=O)N[C@H]2CC(C)(C)Oc3ccccc32)C(=NC(=O)O)N1. The van der Waals surface area contributed by atoms with E-state index in [1.54, 1.807) is 18.5 Å². The normalized spacial score (nSPS) is 26.2. The highest BCUT2D eigenvalue weighted by molar-refractivity contribution is 6.04. The molecule has 0 radical (unpaired) electrons. The van der Waals surface area contributed by atoms with Gasteiger partial charge < -0.3 is 20.5 Å². The number of aliphatic imine (C=N–C) groups is 1. The fourth-order valence-electron chi connectivity index (χ4n) is 6.18. The van der Waals surface area contributed by atoms with Crippen molar-refractivity contribution in [3.63, 3.8) is 0 Å². The van der Waals surface area contributed by atoms with Crippen molar-refractivity contribution < 1.29 is 24.2 Å². The number of para-hydroxylation sites is 1. The number of carbonyl (C=O) groups excluding carboxylic acids is 2. The number of guanidine groups is 1. The molecular weight excluding hydrogens is 510 g/mol. The minimum atomic E-state index is -1.39. The smallest absolute Gasteiger partial charge is 0.434 e. The first kappa shape index (κ1) is 27.6. The van der Waals surface area contributed by atoms with Crippen molar-refractivity contribution in [2.24, 2.45) is 16.8 Å². The van der Waals surface area contributed by atoms with E-state index >= 15 is 0 Å². The van der Waals surface area contributed by atoms with Crippen LogP contribution in [0.15, 0.2) is 53.8 Å². The van der Waals surface area contributed by atoms with E-state index in [9.17, 15) is 19.5 Å². The van der Waals surface area contributed by atoms with E-state index in [1.165, 1.54) is 4.90 Å². The molecule has 3 amide bonds. The van der Waals surface area contributed by atoms with Gasteiger partial charge in [-0.2, -0.15) is 0 Å². The van der Waals surface area contributed by atoms with Crippen molar-refractivity contribution in [1.82, 2.24) is 20.5 Å². The molecule has 0 spiro atoms. The Hall–Kier alpha value is -3.95. The lowest BCUT2D eigenvalue weighted by atomic mass is 9.85. The largest absolute Gasteiger partial charge is 0.487 e. The quantitative estimate of drug-likeness (QED) is 0.462. The number of carbonyl (C=O) groups is 3. The third-order valence-corrected chi connectivity index (χ3v) is 8.50. The predicted octanol–water partition coefficient (Wildman–Crippen LogP) is 4.59. The molecule has 10 heteroatoms. The second-order valence-electron chi connectivity index (χ2n) is 11.7. The van der Waals surface area contributed by atoms with E-state index in [4.69, 9.17) is 4.74 Å². The number of carboxylic acid groups (broad SMARTS) is 1. The van der Waals surface area contributed by atoms with Gasteiger partial charge in [-0.25, -0.2) is 4.79 Å². The molecule has 3 aliphatic rings. The van der Waals surface area contributed by atoms with Crippen molar-refractivity contribution in [3.8, 4) is 5.75 Å². The van der Waals surface area contributed by atoms with Crippen LogP contribution in [0.4, 0.5) is 4.79 Å². The minimum Gasteiger partial charge on any atom is -0.487 e. The number of hydrogen-bond acceptors (Lipinski definition) is 5. The number of nitrogens with one attached hydrogen (secondary N) is 2. The minimum absolute atomic E-state index is 0.00691. The van der Waals surface area contributed by atoms with Crippen LogP contribution >= 0.6 is 0 Å². The molecule has 4 atom stereocenters. The van der Waals surface area contributed by atoms with Crippen molar-refractivity contribution >= 4 is 23.9 Å². The molecule has 5 rings (SSSR count). The molecular formula is C30H37N5O5. The first-order chi connectivity index (χ1) is 19.1. The standard InChI is InChI=1S/C30H37N5O5/c1-5-30(6-2)16-24(36)35(27(34-30)33-28(38)39)25(18-10-9-13-31-17-18)20-14-21(20)26(37)32-22-15-29(3,4)40-23-12-8-7-11-19(22)23/h7-13,17,20-22,25H,5-6,14-16H2,1-4H3,(H,32,37)(H,33,34)(H,38,39)/t20-,21-,22+,25?/m1/s1. The van der Waals surface area contributed by atoms with Gasteiger partial charge in [0.05, 0.1) is 18.5 Å². The van der Waals surface area contributed by atoms with Crippen LogP contribution in [-0.2, 0) is 9.59 Å². The van der Waals surface area contributed by atoms with E-state index in [2.05, 4.69) is 20.6 Å². The Bertz CT molecular complexity index is 1320. The Balaban J connectivity index is 1.43. The molecule has 1 aliphatic carbocycles. The van der Waals surface area contributed by atoms with Crippen LogP contribution in [0.3, 0.4) is 0 Å². The number of benzene rings is 1. The maximum Gasteiger partial charge on any atom is 0.434 e. The first-order valence-corrected chi connectivity index (χ1v) is 14.0. The van der Waals surface area contributed by atoms with Gasteiger partial charge >= 0.3 is 6.09 Å². The highest BCUT2D eigenvalue weighted by atomic mass is 16.5. The Kier molecular flexibility index (Phi) is 7.29. The number of fused-ring (bicyclic) bond motifs is 1. The first-order valence-electron chi connectivity index (χ1n) is 14.0. The Labute approximate surface area is 234 Å². The topological polar surface area (TPSA) is 133 Å². The lowest BCUT2D eigenvalue weighted by molar-refractivity contribution is -0.133. The van der Waals surface area contributed by atoms with E-state index in [0.29, 0.717) is 25.7 Å². The summed E-state index contributed by atoms with van der Waals surface area (Å²) in [5.41, 5.74) is 0.657. The summed E-state index contributed by atoms with van der Waals surface area (Å²) in [7, 11) is 0. The zero-order chi connectivity index (χ0) is 28.7. The number of amides is 3.